The Kier molecular flexibility index (Phi) is 10.0. The second-order valence-corrected chi connectivity index (χ2v) is 5.47. The molecule has 0 rings (SSSR count). The molecule has 1 atom stereocenters. The summed E-state index contributed by atoms with van der Waals surface area (Å²) in [5.41, 5.74) is 0.0756. The summed E-state index contributed by atoms with van der Waals surface area (Å²) < 4.78 is 10.5. The van der Waals surface area contributed by atoms with Crippen LogP contribution in [-0.2, 0) is 9.47 Å². The van der Waals surface area contributed by atoms with Crippen LogP contribution in [0.4, 0.5) is 0 Å². The molecule has 18 heavy (non-hydrogen) atoms. The smallest absolute Gasteiger partial charge is 0.0701 e. The summed E-state index contributed by atoms with van der Waals surface area (Å²) >= 11 is 0. The predicted octanol–water partition coefficient (Wildman–Crippen LogP) is 2.46. The molecule has 1 N–H and O–H groups in total. The van der Waals surface area contributed by atoms with Crippen molar-refractivity contribution in [1.29, 1.82) is 0 Å². The summed E-state index contributed by atoms with van der Waals surface area (Å²) in [5, 5.41) is 3.46. The molecular formula is C15H29NO2. The highest BCUT2D eigenvalue weighted by Gasteiger charge is 2.07. The molecular weight excluding hydrogens is 226 g/mol. The molecule has 3 nitrogen and oxygen atoms in total. The van der Waals surface area contributed by atoms with Crippen molar-refractivity contribution < 1.29 is 9.47 Å². The van der Waals surface area contributed by atoms with Gasteiger partial charge < -0.3 is 14.8 Å². The van der Waals surface area contributed by atoms with E-state index in [4.69, 9.17) is 9.47 Å². The molecule has 0 aromatic carbocycles. The molecule has 0 bridgehead atoms. The number of hydrogen-bond acceptors (Lipinski definition) is 3. The van der Waals surface area contributed by atoms with Crippen LogP contribution in [0.1, 0.15) is 40.5 Å². The quantitative estimate of drug-likeness (QED) is 0.507. The van der Waals surface area contributed by atoms with Gasteiger partial charge in [0.05, 0.1) is 19.8 Å². The van der Waals surface area contributed by atoms with E-state index in [0.29, 0.717) is 25.9 Å². The Morgan fingerprint density at radius 3 is 2.50 bits per heavy atom. The third-order valence-electron chi connectivity index (χ3n) is 2.25. The number of hydrogen-bond donors (Lipinski definition) is 1. The van der Waals surface area contributed by atoms with Crippen molar-refractivity contribution in [2.24, 2.45) is 5.41 Å². The molecule has 0 radical (unpaired) electrons. The van der Waals surface area contributed by atoms with Crippen LogP contribution in [0.3, 0.4) is 0 Å². The third kappa shape index (κ3) is 11.9. The molecule has 106 valence electrons. The standard InChI is InChI=1S/C15H29NO2/c1-6-10-16-14(13-18-12-11-17-5)8-7-9-15(2,3)4/h14,16H,6,8,10-13H2,1-5H3. The minimum atomic E-state index is 0.0756. The van der Waals surface area contributed by atoms with Crippen LogP contribution in [0.2, 0.25) is 0 Å². The first-order valence-electron chi connectivity index (χ1n) is 6.79. The summed E-state index contributed by atoms with van der Waals surface area (Å²) in [6, 6.07) is 0.316. The van der Waals surface area contributed by atoms with Gasteiger partial charge in [-0.25, -0.2) is 0 Å². The van der Waals surface area contributed by atoms with Crippen molar-refractivity contribution in [2.75, 3.05) is 33.5 Å². The third-order valence-corrected chi connectivity index (χ3v) is 2.25. The molecule has 1 unspecified atom stereocenters. The molecule has 0 aliphatic heterocycles. The topological polar surface area (TPSA) is 30.5 Å². The molecule has 0 saturated carbocycles. The zero-order chi connectivity index (χ0) is 13.9. The summed E-state index contributed by atoms with van der Waals surface area (Å²) in [4.78, 5) is 0. The molecule has 0 fully saturated rings. The average molecular weight is 255 g/mol. The lowest BCUT2D eigenvalue weighted by Crippen LogP contribution is -2.34. The first kappa shape index (κ1) is 17.4. The van der Waals surface area contributed by atoms with E-state index in [1.807, 2.05) is 0 Å². The van der Waals surface area contributed by atoms with E-state index in [-0.39, 0.29) is 5.41 Å². The first-order chi connectivity index (χ1) is 8.49. The largest absolute Gasteiger partial charge is 0.382 e. The van der Waals surface area contributed by atoms with Crippen molar-refractivity contribution >= 4 is 0 Å². The van der Waals surface area contributed by atoms with Gasteiger partial charge in [0.1, 0.15) is 0 Å². The van der Waals surface area contributed by atoms with Crippen molar-refractivity contribution in [1.82, 2.24) is 5.32 Å². The normalized spacial score (nSPS) is 12.9. The fraction of sp³-hybridized carbons (Fsp3) is 0.867. The lowest BCUT2D eigenvalue weighted by Gasteiger charge is -2.16. The zero-order valence-corrected chi connectivity index (χ0v) is 12.6. The van der Waals surface area contributed by atoms with E-state index < -0.39 is 0 Å². The maximum atomic E-state index is 5.56. The Labute approximate surface area is 113 Å². The van der Waals surface area contributed by atoms with Gasteiger partial charge in [0, 0.05) is 25.0 Å². The monoisotopic (exact) mass is 255 g/mol. The van der Waals surface area contributed by atoms with Gasteiger partial charge in [-0.1, -0.05) is 12.8 Å². The SMILES string of the molecule is CCCNC(CC#CC(C)(C)C)COCCOC. The van der Waals surface area contributed by atoms with Gasteiger partial charge in [-0.05, 0) is 33.7 Å². The van der Waals surface area contributed by atoms with E-state index in [9.17, 15) is 0 Å². The van der Waals surface area contributed by atoms with Gasteiger partial charge in [0.2, 0.25) is 0 Å². The Balaban J connectivity index is 4.00. The highest BCUT2D eigenvalue weighted by molar-refractivity contribution is 5.08. The van der Waals surface area contributed by atoms with Crippen LogP contribution in [0, 0.1) is 17.3 Å². The molecule has 0 spiro atoms. The van der Waals surface area contributed by atoms with Crippen LogP contribution < -0.4 is 5.32 Å². The Hall–Kier alpha value is -0.560. The molecule has 0 saturated heterocycles. The van der Waals surface area contributed by atoms with Gasteiger partial charge >= 0.3 is 0 Å². The summed E-state index contributed by atoms with van der Waals surface area (Å²) in [7, 11) is 1.69. The fourth-order valence-electron chi connectivity index (χ4n) is 1.35. The maximum Gasteiger partial charge on any atom is 0.0701 e. The van der Waals surface area contributed by atoms with Crippen molar-refractivity contribution in [3.05, 3.63) is 0 Å². The predicted molar refractivity (Wildman–Crippen MR) is 76.6 cm³/mol. The van der Waals surface area contributed by atoms with Crippen molar-refractivity contribution in [2.45, 2.75) is 46.6 Å². The summed E-state index contributed by atoms with van der Waals surface area (Å²) in [5.74, 6) is 6.51. The average Bonchev–Trinajstić information content (AvgIpc) is 2.29. The van der Waals surface area contributed by atoms with E-state index >= 15 is 0 Å². The lowest BCUT2D eigenvalue weighted by atomic mass is 9.97. The molecule has 0 aliphatic rings. The molecule has 0 heterocycles. The van der Waals surface area contributed by atoms with Gasteiger partial charge in [0.15, 0.2) is 0 Å². The number of ether oxygens (including phenoxy) is 2. The van der Waals surface area contributed by atoms with Crippen LogP contribution in [0.15, 0.2) is 0 Å². The zero-order valence-electron chi connectivity index (χ0n) is 12.6. The molecule has 0 aromatic heterocycles. The molecule has 0 aromatic rings. The van der Waals surface area contributed by atoms with Gasteiger partial charge in [-0.3, -0.25) is 0 Å². The molecule has 0 aliphatic carbocycles. The van der Waals surface area contributed by atoms with E-state index in [0.717, 1.165) is 19.4 Å². The van der Waals surface area contributed by atoms with Crippen molar-refractivity contribution in [3.63, 3.8) is 0 Å². The van der Waals surface area contributed by atoms with E-state index in [2.05, 4.69) is 44.9 Å². The fourth-order valence-corrected chi connectivity index (χ4v) is 1.35. The second-order valence-electron chi connectivity index (χ2n) is 5.47. The minimum absolute atomic E-state index is 0.0756. The number of rotatable bonds is 9. The number of nitrogens with one attached hydrogen (secondary N) is 1. The Bertz CT molecular complexity index is 247. The van der Waals surface area contributed by atoms with Crippen LogP contribution in [0.5, 0.6) is 0 Å². The Morgan fingerprint density at radius 2 is 1.94 bits per heavy atom. The van der Waals surface area contributed by atoms with Crippen molar-refractivity contribution in [3.8, 4) is 11.8 Å². The maximum absolute atomic E-state index is 5.56. The molecule has 0 amide bonds. The summed E-state index contributed by atoms with van der Waals surface area (Å²) in [6.07, 6.45) is 1.96. The second kappa shape index (κ2) is 10.4. The lowest BCUT2D eigenvalue weighted by molar-refractivity contribution is 0.0593. The van der Waals surface area contributed by atoms with Crippen LogP contribution in [-0.4, -0.2) is 39.5 Å². The highest BCUT2D eigenvalue weighted by atomic mass is 16.5. The molecule has 3 heteroatoms. The summed E-state index contributed by atoms with van der Waals surface area (Å²) in [6.45, 7) is 11.5. The highest BCUT2D eigenvalue weighted by Crippen LogP contribution is 2.10. The minimum Gasteiger partial charge on any atom is -0.382 e. The Morgan fingerprint density at radius 1 is 1.22 bits per heavy atom. The van der Waals surface area contributed by atoms with Gasteiger partial charge in [0.25, 0.3) is 0 Å². The first-order valence-corrected chi connectivity index (χ1v) is 6.79. The van der Waals surface area contributed by atoms with E-state index in [1.54, 1.807) is 7.11 Å². The number of methoxy groups -OCH3 is 1. The van der Waals surface area contributed by atoms with Crippen LogP contribution >= 0.6 is 0 Å². The van der Waals surface area contributed by atoms with E-state index in [1.165, 1.54) is 0 Å². The van der Waals surface area contributed by atoms with Crippen LogP contribution in [0.25, 0.3) is 0 Å². The van der Waals surface area contributed by atoms with Gasteiger partial charge in [-0.2, -0.15) is 0 Å². The van der Waals surface area contributed by atoms with Gasteiger partial charge in [-0.15, -0.1) is 5.92 Å².